The lowest BCUT2D eigenvalue weighted by Gasteiger charge is -2.25. The zero-order chi connectivity index (χ0) is 18.0. The molecule has 2 aromatic carbocycles. The summed E-state index contributed by atoms with van der Waals surface area (Å²) in [6.45, 7) is 0. The van der Waals surface area contributed by atoms with Crippen LogP contribution in [-0.4, -0.2) is 17.2 Å². The van der Waals surface area contributed by atoms with Crippen molar-refractivity contribution in [3.63, 3.8) is 0 Å². The molecule has 0 spiro atoms. The fraction of sp³-hybridized carbons (Fsp3) is 0.278. The number of nitrogens with one attached hydrogen (secondary N) is 2. The molecular formula is C18H17F3N2O2. The van der Waals surface area contributed by atoms with Crippen molar-refractivity contribution in [1.29, 1.82) is 0 Å². The molecule has 1 aliphatic rings. The summed E-state index contributed by atoms with van der Waals surface area (Å²) in [7, 11) is 0. The van der Waals surface area contributed by atoms with E-state index in [0.29, 0.717) is 12.1 Å². The summed E-state index contributed by atoms with van der Waals surface area (Å²) in [5.41, 5.74) is 2.90. The van der Waals surface area contributed by atoms with Crippen LogP contribution >= 0.6 is 0 Å². The van der Waals surface area contributed by atoms with Crippen LogP contribution in [0.25, 0.3) is 0 Å². The van der Waals surface area contributed by atoms with Crippen LogP contribution in [0.5, 0.6) is 0 Å². The molecule has 0 heterocycles. The Kier molecular flexibility index (Phi) is 4.57. The van der Waals surface area contributed by atoms with Crippen molar-refractivity contribution in [2.75, 3.05) is 5.32 Å². The fourth-order valence-corrected chi connectivity index (χ4v) is 3.04. The van der Waals surface area contributed by atoms with Crippen molar-refractivity contribution < 1.29 is 23.1 Å². The Morgan fingerprint density at radius 3 is 2.36 bits per heavy atom. The van der Waals surface area contributed by atoms with E-state index in [1.165, 1.54) is 12.1 Å². The Balaban J connectivity index is 1.70. The number of aryl methyl sites for hydroxylation is 1. The molecule has 2 aromatic rings. The maximum absolute atomic E-state index is 12.6. The monoisotopic (exact) mass is 350 g/mol. The maximum Gasteiger partial charge on any atom is 0.416 e. The molecule has 0 saturated carbocycles. The lowest BCUT2D eigenvalue weighted by Crippen LogP contribution is -2.37. The molecule has 7 heteroatoms. The van der Waals surface area contributed by atoms with Crippen LogP contribution in [0.2, 0.25) is 0 Å². The number of fused-ring (bicyclic) bond motifs is 1. The summed E-state index contributed by atoms with van der Waals surface area (Å²) < 4.78 is 37.8. The molecule has 0 aliphatic heterocycles. The van der Waals surface area contributed by atoms with Gasteiger partial charge in [0.1, 0.15) is 0 Å². The summed E-state index contributed by atoms with van der Waals surface area (Å²) in [5, 5.41) is 14.4. The average molecular weight is 350 g/mol. The van der Waals surface area contributed by atoms with Gasteiger partial charge in [0.15, 0.2) is 0 Å². The quantitative estimate of drug-likeness (QED) is 0.760. The van der Waals surface area contributed by atoms with Gasteiger partial charge in [0.05, 0.1) is 5.56 Å². The van der Waals surface area contributed by atoms with Crippen LogP contribution in [0, 0.1) is 0 Å². The number of rotatable bonds is 3. The molecule has 3 N–H and O–H groups in total. The SMILES string of the molecule is O=C(O)NC1CCc2cc(Nc3ccc(C(F)(F)F)cc3)ccc2C1. The third-order valence-electron chi connectivity index (χ3n) is 4.26. The lowest BCUT2D eigenvalue weighted by atomic mass is 9.88. The summed E-state index contributed by atoms with van der Waals surface area (Å²) in [6.07, 6.45) is -3.24. The van der Waals surface area contributed by atoms with Crippen LogP contribution in [0.1, 0.15) is 23.1 Å². The molecule has 0 saturated heterocycles. The second-order valence-corrected chi connectivity index (χ2v) is 6.07. The smallest absolute Gasteiger partial charge is 0.416 e. The number of halogens is 3. The third-order valence-corrected chi connectivity index (χ3v) is 4.26. The van der Waals surface area contributed by atoms with Gasteiger partial charge in [-0.05, 0) is 66.8 Å². The highest BCUT2D eigenvalue weighted by Crippen LogP contribution is 2.31. The van der Waals surface area contributed by atoms with Gasteiger partial charge in [-0.25, -0.2) is 4.79 Å². The van der Waals surface area contributed by atoms with Gasteiger partial charge in [0, 0.05) is 17.4 Å². The number of amides is 1. The number of benzene rings is 2. The topological polar surface area (TPSA) is 61.4 Å². The van der Waals surface area contributed by atoms with E-state index in [1.807, 2.05) is 18.2 Å². The van der Waals surface area contributed by atoms with E-state index < -0.39 is 17.8 Å². The maximum atomic E-state index is 12.6. The zero-order valence-electron chi connectivity index (χ0n) is 13.2. The van der Waals surface area contributed by atoms with Crippen LogP contribution in [-0.2, 0) is 19.0 Å². The average Bonchev–Trinajstić information content (AvgIpc) is 2.54. The zero-order valence-corrected chi connectivity index (χ0v) is 13.2. The fourth-order valence-electron chi connectivity index (χ4n) is 3.04. The van der Waals surface area contributed by atoms with Gasteiger partial charge in [-0.2, -0.15) is 13.2 Å². The van der Waals surface area contributed by atoms with Gasteiger partial charge >= 0.3 is 12.3 Å². The first kappa shape index (κ1) is 17.1. The number of carboxylic acid groups (broad SMARTS) is 1. The number of alkyl halides is 3. The molecule has 0 radical (unpaired) electrons. The predicted molar refractivity (Wildman–Crippen MR) is 88.1 cm³/mol. The number of hydrogen-bond acceptors (Lipinski definition) is 2. The second kappa shape index (κ2) is 6.66. The molecule has 1 unspecified atom stereocenters. The van der Waals surface area contributed by atoms with Crippen molar-refractivity contribution >= 4 is 17.5 Å². The number of hydrogen-bond donors (Lipinski definition) is 3. The first-order valence-electron chi connectivity index (χ1n) is 7.87. The van der Waals surface area contributed by atoms with Crippen molar-refractivity contribution in [1.82, 2.24) is 5.32 Å². The van der Waals surface area contributed by atoms with Crippen molar-refractivity contribution in [2.45, 2.75) is 31.5 Å². The van der Waals surface area contributed by atoms with Crippen molar-refractivity contribution in [3.8, 4) is 0 Å². The van der Waals surface area contributed by atoms with Gasteiger partial charge < -0.3 is 15.7 Å². The van der Waals surface area contributed by atoms with Crippen molar-refractivity contribution in [3.05, 3.63) is 59.2 Å². The minimum absolute atomic E-state index is 0.0845. The van der Waals surface area contributed by atoms with Gasteiger partial charge in [-0.3, -0.25) is 0 Å². The van der Waals surface area contributed by atoms with Crippen LogP contribution in [0.15, 0.2) is 42.5 Å². The van der Waals surface area contributed by atoms with Gasteiger partial charge in [0.25, 0.3) is 0 Å². The van der Waals surface area contributed by atoms with Crippen LogP contribution < -0.4 is 10.6 Å². The molecule has 4 nitrogen and oxygen atoms in total. The standard InChI is InChI=1S/C18H17F3N2O2/c19-18(20,21)13-3-7-14(8-4-13)22-15-5-1-12-10-16(23-17(24)25)6-2-11(12)9-15/h1,3-5,7-9,16,22-23H,2,6,10H2,(H,24,25). The Morgan fingerprint density at radius 1 is 1.04 bits per heavy atom. The lowest BCUT2D eigenvalue weighted by molar-refractivity contribution is -0.137. The summed E-state index contributed by atoms with van der Waals surface area (Å²) in [6, 6.07) is 10.5. The van der Waals surface area contributed by atoms with E-state index >= 15 is 0 Å². The highest BCUT2D eigenvalue weighted by molar-refractivity contribution is 5.65. The highest BCUT2D eigenvalue weighted by atomic mass is 19.4. The predicted octanol–water partition coefficient (Wildman–Crippen LogP) is 4.57. The highest BCUT2D eigenvalue weighted by Gasteiger charge is 2.30. The van der Waals surface area contributed by atoms with Crippen molar-refractivity contribution in [2.24, 2.45) is 0 Å². The first-order chi connectivity index (χ1) is 11.8. The molecule has 0 fully saturated rings. The van der Waals surface area contributed by atoms with Gasteiger partial charge in [-0.1, -0.05) is 6.07 Å². The number of carbonyl (C=O) groups is 1. The van der Waals surface area contributed by atoms with E-state index in [2.05, 4.69) is 10.6 Å². The number of anilines is 2. The van der Waals surface area contributed by atoms with Gasteiger partial charge in [-0.15, -0.1) is 0 Å². The summed E-state index contributed by atoms with van der Waals surface area (Å²) >= 11 is 0. The van der Waals surface area contributed by atoms with E-state index in [1.54, 1.807) is 0 Å². The molecular weight excluding hydrogens is 333 g/mol. The van der Waals surface area contributed by atoms with E-state index in [4.69, 9.17) is 5.11 Å². The minimum atomic E-state index is -4.34. The Labute approximate surface area is 142 Å². The minimum Gasteiger partial charge on any atom is -0.465 e. The van der Waals surface area contributed by atoms with E-state index in [9.17, 15) is 18.0 Å². The molecule has 1 amide bonds. The third kappa shape index (κ3) is 4.23. The molecule has 1 atom stereocenters. The van der Waals surface area contributed by atoms with Crippen LogP contribution in [0.3, 0.4) is 0 Å². The largest absolute Gasteiger partial charge is 0.465 e. The Hall–Kier alpha value is -2.70. The summed E-state index contributed by atoms with van der Waals surface area (Å²) in [4.78, 5) is 10.7. The Morgan fingerprint density at radius 2 is 1.72 bits per heavy atom. The normalized spacial score (nSPS) is 16.8. The molecule has 0 aromatic heterocycles. The second-order valence-electron chi connectivity index (χ2n) is 6.07. The first-order valence-corrected chi connectivity index (χ1v) is 7.87. The molecule has 1 aliphatic carbocycles. The van der Waals surface area contributed by atoms with E-state index in [0.717, 1.165) is 41.8 Å². The molecule has 3 rings (SSSR count). The van der Waals surface area contributed by atoms with Crippen LogP contribution in [0.4, 0.5) is 29.3 Å². The molecule has 0 bridgehead atoms. The molecule has 25 heavy (non-hydrogen) atoms. The van der Waals surface area contributed by atoms with E-state index in [-0.39, 0.29) is 6.04 Å². The Bertz CT molecular complexity index is 773. The molecule has 132 valence electrons. The van der Waals surface area contributed by atoms with Gasteiger partial charge in [0.2, 0.25) is 0 Å². The summed E-state index contributed by atoms with van der Waals surface area (Å²) in [5.74, 6) is 0.